The minimum absolute atomic E-state index is 0.184. The van der Waals surface area contributed by atoms with E-state index in [0.717, 1.165) is 0 Å². The van der Waals surface area contributed by atoms with Gasteiger partial charge in [-0.3, -0.25) is 4.79 Å². The average molecular weight is 323 g/mol. The quantitative estimate of drug-likeness (QED) is 0.766. The minimum atomic E-state index is -1.10. The number of carbonyl (C=O) groups excluding carboxylic acids is 1. The number of carbonyl (C=O) groups is 2. The Balaban J connectivity index is 2.67. The topological polar surface area (TPSA) is 84.9 Å². The molecule has 2 atom stereocenters. The predicted molar refractivity (Wildman–Crippen MR) is 86.1 cm³/mol. The number of ether oxygens (including phenoxy) is 2. The highest BCUT2D eigenvalue weighted by atomic mass is 16.5. The number of aliphatic carboxylic acids is 1. The van der Waals surface area contributed by atoms with E-state index in [1.54, 1.807) is 24.3 Å². The lowest BCUT2D eigenvalue weighted by molar-refractivity contribution is -0.145. The predicted octanol–water partition coefficient (Wildman–Crippen LogP) is 2.15. The van der Waals surface area contributed by atoms with Crippen LogP contribution in [0.2, 0.25) is 0 Å². The highest BCUT2D eigenvalue weighted by molar-refractivity contribution is 5.87. The summed E-state index contributed by atoms with van der Waals surface area (Å²) in [7, 11) is 1.41. The third kappa shape index (κ3) is 6.80. The van der Waals surface area contributed by atoms with Gasteiger partial charge in [-0.2, -0.15) is 0 Å². The van der Waals surface area contributed by atoms with Gasteiger partial charge in [-0.05, 0) is 26.3 Å². The molecule has 23 heavy (non-hydrogen) atoms. The average Bonchev–Trinajstić information content (AvgIpc) is 2.46. The second kappa shape index (κ2) is 8.64. The normalized spacial score (nSPS) is 14.1. The van der Waals surface area contributed by atoms with E-state index < -0.39 is 24.0 Å². The molecule has 0 spiro atoms. The maximum atomic E-state index is 12.3. The molecule has 0 radical (unpaired) electrons. The second-order valence-electron chi connectivity index (χ2n) is 6.18. The van der Waals surface area contributed by atoms with Crippen LogP contribution in [0.25, 0.3) is 0 Å². The molecule has 2 unspecified atom stereocenters. The highest BCUT2D eigenvalue weighted by Crippen LogP contribution is 2.17. The number of carboxylic acids is 1. The molecule has 1 aromatic carbocycles. The number of hydrogen-bond donors (Lipinski definition) is 2. The number of nitrogens with one attached hydrogen (secondary N) is 1. The van der Waals surface area contributed by atoms with Crippen LogP contribution < -0.4 is 5.32 Å². The Bertz CT molecular complexity index is 509. The van der Waals surface area contributed by atoms with Gasteiger partial charge in [0.1, 0.15) is 6.04 Å². The van der Waals surface area contributed by atoms with Crippen molar-refractivity contribution >= 4 is 11.9 Å². The van der Waals surface area contributed by atoms with Crippen LogP contribution in [-0.4, -0.2) is 42.3 Å². The van der Waals surface area contributed by atoms with E-state index in [1.165, 1.54) is 7.11 Å². The molecule has 0 aliphatic carbocycles. The van der Waals surface area contributed by atoms with Crippen LogP contribution in [0.4, 0.5) is 0 Å². The Labute approximate surface area is 136 Å². The van der Waals surface area contributed by atoms with E-state index in [-0.39, 0.29) is 18.6 Å². The van der Waals surface area contributed by atoms with Crippen LogP contribution in [-0.2, 0) is 19.1 Å². The van der Waals surface area contributed by atoms with E-state index in [2.05, 4.69) is 5.32 Å². The smallest absolute Gasteiger partial charge is 0.326 e. The number of amides is 1. The summed E-state index contributed by atoms with van der Waals surface area (Å²) in [6.45, 7) is 5.90. The Hall–Kier alpha value is -1.92. The number of methoxy groups -OCH3 is 1. The van der Waals surface area contributed by atoms with Crippen molar-refractivity contribution in [2.45, 2.75) is 44.9 Å². The molecule has 0 aliphatic heterocycles. The van der Waals surface area contributed by atoms with Crippen molar-refractivity contribution in [3.8, 4) is 0 Å². The molecule has 1 aromatic rings. The molecular weight excluding hydrogens is 298 g/mol. The van der Waals surface area contributed by atoms with E-state index in [1.807, 2.05) is 26.8 Å². The van der Waals surface area contributed by atoms with Gasteiger partial charge in [-0.1, -0.05) is 30.3 Å². The number of benzene rings is 1. The summed E-state index contributed by atoms with van der Waals surface area (Å²) in [4.78, 5) is 23.6. The zero-order valence-corrected chi connectivity index (χ0v) is 14.0. The van der Waals surface area contributed by atoms with Crippen molar-refractivity contribution in [3.05, 3.63) is 35.9 Å². The Morgan fingerprint density at radius 3 is 2.30 bits per heavy atom. The van der Waals surface area contributed by atoms with Gasteiger partial charge < -0.3 is 19.9 Å². The van der Waals surface area contributed by atoms with E-state index in [9.17, 15) is 14.7 Å². The molecule has 6 nitrogen and oxygen atoms in total. The molecule has 0 bridgehead atoms. The van der Waals surface area contributed by atoms with Crippen molar-refractivity contribution in [3.63, 3.8) is 0 Å². The summed E-state index contributed by atoms with van der Waals surface area (Å²) >= 11 is 0. The summed E-state index contributed by atoms with van der Waals surface area (Å²) in [5.41, 5.74) is 0.314. The van der Waals surface area contributed by atoms with E-state index in [0.29, 0.717) is 5.56 Å². The number of carboxylic acid groups (broad SMARTS) is 1. The van der Waals surface area contributed by atoms with Crippen molar-refractivity contribution in [1.29, 1.82) is 0 Å². The first kappa shape index (κ1) is 19.1. The van der Waals surface area contributed by atoms with Gasteiger partial charge in [-0.25, -0.2) is 4.79 Å². The fourth-order valence-corrected chi connectivity index (χ4v) is 2.01. The first-order valence-corrected chi connectivity index (χ1v) is 7.49. The van der Waals surface area contributed by atoms with Crippen LogP contribution in [0.5, 0.6) is 0 Å². The molecular formula is C17H25NO5. The van der Waals surface area contributed by atoms with Gasteiger partial charge in [0.15, 0.2) is 6.10 Å². The molecule has 128 valence electrons. The lowest BCUT2D eigenvalue weighted by Gasteiger charge is -2.23. The van der Waals surface area contributed by atoms with Crippen LogP contribution in [0.1, 0.15) is 38.9 Å². The van der Waals surface area contributed by atoms with Gasteiger partial charge >= 0.3 is 5.97 Å². The summed E-state index contributed by atoms with van der Waals surface area (Å²) in [5.74, 6) is -1.58. The van der Waals surface area contributed by atoms with Crippen LogP contribution in [0.3, 0.4) is 0 Å². The van der Waals surface area contributed by atoms with Crippen molar-refractivity contribution in [2.75, 3.05) is 13.7 Å². The van der Waals surface area contributed by atoms with E-state index >= 15 is 0 Å². The number of rotatable bonds is 8. The summed E-state index contributed by atoms with van der Waals surface area (Å²) in [6.07, 6.45) is -0.662. The molecule has 0 saturated carbocycles. The fourth-order valence-electron chi connectivity index (χ4n) is 2.01. The Morgan fingerprint density at radius 2 is 1.83 bits per heavy atom. The Morgan fingerprint density at radius 1 is 1.22 bits per heavy atom. The van der Waals surface area contributed by atoms with Gasteiger partial charge in [0.05, 0.1) is 5.60 Å². The Kier molecular flexibility index (Phi) is 7.19. The van der Waals surface area contributed by atoms with Crippen LogP contribution >= 0.6 is 0 Å². The van der Waals surface area contributed by atoms with Crippen molar-refractivity contribution in [1.82, 2.24) is 5.32 Å². The lowest BCUT2D eigenvalue weighted by atomic mass is 10.1. The lowest BCUT2D eigenvalue weighted by Crippen LogP contribution is -2.44. The van der Waals surface area contributed by atoms with E-state index in [4.69, 9.17) is 9.47 Å². The zero-order valence-electron chi connectivity index (χ0n) is 14.0. The molecule has 1 amide bonds. The zero-order chi connectivity index (χ0) is 17.5. The minimum Gasteiger partial charge on any atom is -0.480 e. The summed E-state index contributed by atoms with van der Waals surface area (Å²) in [5, 5.41) is 11.8. The first-order valence-electron chi connectivity index (χ1n) is 7.49. The molecule has 6 heteroatoms. The van der Waals surface area contributed by atoms with Gasteiger partial charge in [0, 0.05) is 20.1 Å². The summed E-state index contributed by atoms with van der Waals surface area (Å²) in [6, 6.07) is 7.91. The van der Waals surface area contributed by atoms with Crippen molar-refractivity contribution in [2.24, 2.45) is 0 Å². The molecule has 2 N–H and O–H groups in total. The monoisotopic (exact) mass is 323 g/mol. The largest absolute Gasteiger partial charge is 0.480 e. The third-order valence-corrected chi connectivity index (χ3v) is 3.13. The molecule has 1 rings (SSSR count). The summed E-state index contributed by atoms with van der Waals surface area (Å²) < 4.78 is 10.7. The molecule has 0 fully saturated rings. The molecule has 0 aliphatic rings. The highest BCUT2D eigenvalue weighted by Gasteiger charge is 2.26. The molecule has 0 aromatic heterocycles. The van der Waals surface area contributed by atoms with Gasteiger partial charge in [-0.15, -0.1) is 0 Å². The fraction of sp³-hybridized carbons (Fsp3) is 0.529. The van der Waals surface area contributed by atoms with Crippen LogP contribution in [0, 0.1) is 0 Å². The maximum absolute atomic E-state index is 12.3. The van der Waals surface area contributed by atoms with Gasteiger partial charge in [0.25, 0.3) is 5.91 Å². The SMILES string of the molecule is COC(C(=O)NC(CCOC(C)(C)C)C(=O)O)c1ccccc1. The molecule has 0 saturated heterocycles. The van der Waals surface area contributed by atoms with Crippen LogP contribution in [0.15, 0.2) is 30.3 Å². The number of hydrogen-bond acceptors (Lipinski definition) is 4. The third-order valence-electron chi connectivity index (χ3n) is 3.13. The molecule has 0 heterocycles. The standard InChI is InChI=1S/C17H25NO5/c1-17(2,3)23-11-10-13(16(20)21)18-15(19)14(22-4)12-8-6-5-7-9-12/h5-9,13-14H,10-11H2,1-4H3,(H,18,19)(H,20,21). The van der Waals surface area contributed by atoms with Crippen molar-refractivity contribution < 1.29 is 24.2 Å². The first-order chi connectivity index (χ1) is 10.7. The van der Waals surface area contributed by atoms with Gasteiger partial charge in [0.2, 0.25) is 0 Å². The second-order valence-corrected chi connectivity index (χ2v) is 6.18. The maximum Gasteiger partial charge on any atom is 0.326 e.